The molecule has 1 aliphatic heterocycles. The molecule has 0 radical (unpaired) electrons. The van der Waals surface area contributed by atoms with E-state index in [2.05, 4.69) is 9.55 Å². The van der Waals surface area contributed by atoms with Crippen molar-refractivity contribution in [2.24, 2.45) is 0 Å². The van der Waals surface area contributed by atoms with Crippen LogP contribution in [0.4, 0.5) is 4.39 Å². The molecule has 1 aliphatic rings. The van der Waals surface area contributed by atoms with Crippen LogP contribution in [0.3, 0.4) is 0 Å². The summed E-state index contributed by atoms with van der Waals surface area (Å²) < 4.78 is 53.3. The van der Waals surface area contributed by atoms with Crippen molar-refractivity contribution in [3.05, 3.63) is 48.3 Å². The number of imidazole rings is 1. The van der Waals surface area contributed by atoms with E-state index < -0.39 is 10.0 Å². The van der Waals surface area contributed by atoms with Crippen molar-refractivity contribution < 1.29 is 22.3 Å². The van der Waals surface area contributed by atoms with E-state index in [0.717, 1.165) is 10.7 Å². The normalized spacial score (nSPS) is 15.4. The number of ether oxygens (including phenoxy) is 2. The van der Waals surface area contributed by atoms with Gasteiger partial charge >= 0.3 is 0 Å². The van der Waals surface area contributed by atoms with Crippen LogP contribution in [0.2, 0.25) is 0 Å². The molecule has 3 aromatic rings. The van der Waals surface area contributed by atoms with E-state index in [9.17, 15) is 12.8 Å². The summed E-state index contributed by atoms with van der Waals surface area (Å²) in [6, 6.07) is 11.0. The highest BCUT2D eigenvalue weighted by Crippen LogP contribution is 2.27. The van der Waals surface area contributed by atoms with E-state index in [1.54, 1.807) is 24.3 Å². The zero-order valence-corrected chi connectivity index (χ0v) is 18.8. The first-order valence-electron chi connectivity index (χ1n) is 10.1. The second-order valence-electron chi connectivity index (χ2n) is 6.96. The highest BCUT2D eigenvalue weighted by molar-refractivity contribution is 7.99. The Morgan fingerprint density at radius 1 is 1.16 bits per heavy atom. The molecule has 4 rings (SSSR count). The second-order valence-corrected chi connectivity index (χ2v) is 9.96. The molecule has 166 valence electrons. The molecule has 0 atom stereocenters. The maximum absolute atomic E-state index is 13.0. The van der Waals surface area contributed by atoms with Gasteiger partial charge in [-0.05, 0) is 49.4 Å². The van der Waals surface area contributed by atoms with E-state index in [-0.39, 0.29) is 10.7 Å². The zero-order chi connectivity index (χ0) is 21.8. The number of thioether (sulfide) groups is 1. The predicted molar refractivity (Wildman–Crippen MR) is 118 cm³/mol. The molecule has 0 aliphatic carbocycles. The van der Waals surface area contributed by atoms with E-state index in [4.69, 9.17) is 9.47 Å². The van der Waals surface area contributed by atoms with Gasteiger partial charge in [0.05, 0.1) is 35.7 Å². The minimum atomic E-state index is -3.57. The summed E-state index contributed by atoms with van der Waals surface area (Å²) in [7, 11) is -3.57. The van der Waals surface area contributed by atoms with Gasteiger partial charge in [-0.25, -0.2) is 17.8 Å². The summed E-state index contributed by atoms with van der Waals surface area (Å²) in [5, 5.41) is 0.807. The summed E-state index contributed by atoms with van der Waals surface area (Å²) in [4.78, 5) is 4.92. The first-order chi connectivity index (χ1) is 15.0. The van der Waals surface area contributed by atoms with Gasteiger partial charge in [-0.15, -0.1) is 0 Å². The molecule has 1 aromatic heterocycles. The average Bonchev–Trinajstić information content (AvgIpc) is 3.15. The SMILES string of the molecule is CCn1c(SCCOc2ccc(F)cc2)nc2cc(S(=O)(=O)N3CCOCC3)ccc21. The Labute approximate surface area is 185 Å². The lowest BCUT2D eigenvalue weighted by Gasteiger charge is -2.26. The molecule has 1 saturated heterocycles. The summed E-state index contributed by atoms with van der Waals surface area (Å²) in [6.45, 7) is 4.73. The molecular weight excluding hydrogens is 441 g/mol. The van der Waals surface area contributed by atoms with Crippen LogP contribution in [-0.4, -0.2) is 60.9 Å². The fraction of sp³-hybridized carbons (Fsp3) is 0.381. The van der Waals surface area contributed by atoms with E-state index in [1.807, 2.05) is 13.0 Å². The number of benzene rings is 2. The second kappa shape index (κ2) is 9.56. The predicted octanol–water partition coefficient (Wildman–Crippen LogP) is 3.39. The van der Waals surface area contributed by atoms with Crippen LogP contribution in [0, 0.1) is 5.82 Å². The lowest BCUT2D eigenvalue weighted by Crippen LogP contribution is -2.40. The van der Waals surface area contributed by atoms with Gasteiger partial charge in [0.1, 0.15) is 11.6 Å². The molecule has 0 unspecified atom stereocenters. The molecule has 0 N–H and O–H groups in total. The first kappa shape index (κ1) is 22.1. The number of morpholine rings is 1. The molecule has 1 fully saturated rings. The maximum Gasteiger partial charge on any atom is 0.243 e. The van der Waals surface area contributed by atoms with Crippen molar-refractivity contribution in [1.29, 1.82) is 0 Å². The minimum absolute atomic E-state index is 0.249. The van der Waals surface area contributed by atoms with Gasteiger partial charge in [0.25, 0.3) is 0 Å². The molecule has 0 amide bonds. The van der Waals surface area contributed by atoms with Gasteiger partial charge in [0, 0.05) is 25.4 Å². The van der Waals surface area contributed by atoms with Crippen molar-refractivity contribution >= 4 is 32.8 Å². The number of halogens is 1. The van der Waals surface area contributed by atoms with Crippen molar-refractivity contribution in [1.82, 2.24) is 13.9 Å². The molecule has 2 aromatic carbocycles. The van der Waals surface area contributed by atoms with Crippen molar-refractivity contribution in [2.75, 3.05) is 38.7 Å². The van der Waals surface area contributed by atoms with Gasteiger partial charge in [0.2, 0.25) is 10.0 Å². The third-order valence-corrected chi connectivity index (χ3v) is 7.84. The van der Waals surface area contributed by atoms with Crippen LogP contribution < -0.4 is 4.74 Å². The summed E-state index contributed by atoms with van der Waals surface area (Å²) in [6.07, 6.45) is 0. The van der Waals surface area contributed by atoms with Gasteiger partial charge in [-0.3, -0.25) is 0 Å². The van der Waals surface area contributed by atoms with Crippen molar-refractivity contribution in [2.45, 2.75) is 23.5 Å². The smallest absolute Gasteiger partial charge is 0.243 e. The van der Waals surface area contributed by atoms with Gasteiger partial charge < -0.3 is 14.0 Å². The molecular formula is C21H24FN3O4S2. The molecule has 0 bridgehead atoms. The number of hydrogen-bond donors (Lipinski definition) is 0. The summed E-state index contributed by atoms with van der Waals surface area (Å²) in [5.74, 6) is 0.969. The van der Waals surface area contributed by atoms with Gasteiger partial charge in [-0.1, -0.05) is 11.8 Å². The molecule has 0 saturated carbocycles. The Kier molecular flexibility index (Phi) is 6.80. The van der Waals surface area contributed by atoms with Gasteiger partial charge in [0.15, 0.2) is 5.16 Å². The summed E-state index contributed by atoms with van der Waals surface area (Å²) >= 11 is 1.54. The standard InChI is InChI=1S/C21H24FN3O4S2/c1-2-25-20-8-7-18(31(26,27)24-9-11-28-12-10-24)15-19(20)23-21(25)30-14-13-29-17-5-3-16(22)4-6-17/h3-8,15H,2,9-14H2,1H3. The van der Waals surface area contributed by atoms with Crippen LogP contribution in [-0.2, 0) is 21.3 Å². The Hall–Kier alpha value is -2.14. The van der Waals surface area contributed by atoms with Crippen LogP contribution in [0.15, 0.2) is 52.5 Å². The van der Waals surface area contributed by atoms with Crippen LogP contribution >= 0.6 is 11.8 Å². The number of aryl methyl sites for hydroxylation is 1. The Morgan fingerprint density at radius 3 is 2.61 bits per heavy atom. The summed E-state index contributed by atoms with van der Waals surface area (Å²) in [5.41, 5.74) is 1.54. The number of rotatable bonds is 8. The van der Waals surface area contributed by atoms with E-state index >= 15 is 0 Å². The third kappa shape index (κ3) is 4.87. The Bertz CT molecular complexity index is 1140. The van der Waals surface area contributed by atoms with Crippen LogP contribution in [0.25, 0.3) is 11.0 Å². The lowest BCUT2D eigenvalue weighted by molar-refractivity contribution is 0.0730. The lowest BCUT2D eigenvalue weighted by atomic mass is 10.3. The molecule has 31 heavy (non-hydrogen) atoms. The first-order valence-corrected chi connectivity index (χ1v) is 12.5. The van der Waals surface area contributed by atoms with E-state index in [1.165, 1.54) is 28.2 Å². The highest BCUT2D eigenvalue weighted by Gasteiger charge is 2.27. The average molecular weight is 466 g/mol. The topological polar surface area (TPSA) is 73.7 Å². The molecule has 10 heteroatoms. The number of hydrogen-bond acceptors (Lipinski definition) is 6. The Balaban J connectivity index is 1.48. The number of aromatic nitrogens is 2. The molecule has 0 spiro atoms. The third-order valence-electron chi connectivity index (χ3n) is 5.01. The highest BCUT2D eigenvalue weighted by atomic mass is 32.2. The van der Waals surface area contributed by atoms with Crippen LogP contribution in [0.1, 0.15) is 6.92 Å². The maximum atomic E-state index is 13.0. The molecule has 7 nitrogen and oxygen atoms in total. The van der Waals surface area contributed by atoms with Gasteiger partial charge in [-0.2, -0.15) is 4.31 Å². The quantitative estimate of drug-likeness (QED) is 0.375. The van der Waals surface area contributed by atoms with Crippen LogP contribution in [0.5, 0.6) is 5.75 Å². The largest absolute Gasteiger partial charge is 0.493 e. The van der Waals surface area contributed by atoms with Crippen molar-refractivity contribution in [3.8, 4) is 5.75 Å². The number of sulfonamides is 1. The number of nitrogens with zero attached hydrogens (tertiary/aromatic N) is 3. The van der Waals surface area contributed by atoms with Crippen molar-refractivity contribution in [3.63, 3.8) is 0 Å². The monoisotopic (exact) mass is 465 g/mol. The zero-order valence-electron chi connectivity index (χ0n) is 17.2. The van der Waals surface area contributed by atoms with E-state index in [0.29, 0.717) is 56.5 Å². The Morgan fingerprint density at radius 2 is 1.90 bits per heavy atom. The fourth-order valence-corrected chi connectivity index (χ4v) is 5.75. The molecule has 2 heterocycles. The number of fused-ring (bicyclic) bond motifs is 1. The minimum Gasteiger partial charge on any atom is -0.493 e. The fourth-order valence-electron chi connectivity index (χ4n) is 3.42.